The molecule has 1 aromatic rings. The lowest BCUT2D eigenvalue weighted by Gasteiger charge is -2.30. The van der Waals surface area contributed by atoms with Gasteiger partial charge < -0.3 is 15.5 Å². The molecule has 0 saturated carbocycles. The van der Waals surface area contributed by atoms with Crippen molar-refractivity contribution in [3.8, 4) is 0 Å². The number of thioether (sulfide) groups is 1. The Hall–Kier alpha value is -1.24. The summed E-state index contributed by atoms with van der Waals surface area (Å²) in [4.78, 5) is 27.8. The van der Waals surface area contributed by atoms with Gasteiger partial charge in [-0.05, 0) is 63.0 Å². The van der Waals surface area contributed by atoms with Crippen molar-refractivity contribution in [1.29, 1.82) is 0 Å². The second kappa shape index (κ2) is 9.11. The van der Waals surface area contributed by atoms with Crippen molar-refractivity contribution in [1.82, 2.24) is 10.2 Å². The molecule has 0 unspecified atom stereocenters. The number of benzene rings is 1. The van der Waals surface area contributed by atoms with Gasteiger partial charge in [0.2, 0.25) is 11.8 Å². The fraction of sp³-hybridized carbons (Fsp3) is 0.579. The molecular weight excluding hydrogens is 370 g/mol. The maximum absolute atomic E-state index is 12.2. The van der Waals surface area contributed by atoms with Gasteiger partial charge in [0, 0.05) is 22.9 Å². The van der Waals surface area contributed by atoms with Gasteiger partial charge >= 0.3 is 0 Å². The molecule has 142 valence electrons. The van der Waals surface area contributed by atoms with E-state index in [0.717, 1.165) is 42.6 Å². The molecule has 2 aliphatic heterocycles. The maximum Gasteiger partial charge on any atom is 0.238 e. The maximum atomic E-state index is 12.2. The van der Waals surface area contributed by atoms with Crippen LogP contribution in [-0.2, 0) is 9.59 Å². The molecule has 0 radical (unpaired) electrons. The summed E-state index contributed by atoms with van der Waals surface area (Å²) in [5.41, 5.74) is 0.722. The number of hydrogen-bond donors (Lipinski definition) is 2. The molecule has 0 aromatic heterocycles. The van der Waals surface area contributed by atoms with Gasteiger partial charge in [0.1, 0.15) is 0 Å². The van der Waals surface area contributed by atoms with Gasteiger partial charge in [0.05, 0.1) is 10.9 Å². The van der Waals surface area contributed by atoms with E-state index < -0.39 is 5.25 Å². The van der Waals surface area contributed by atoms with Crippen LogP contribution in [0, 0.1) is 5.92 Å². The average Bonchev–Trinajstić information content (AvgIpc) is 2.61. The third kappa shape index (κ3) is 5.38. The minimum Gasteiger partial charge on any atom is -0.356 e. The minimum atomic E-state index is -0.396. The molecule has 1 atom stereocenters. The van der Waals surface area contributed by atoms with E-state index >= 15 is 0 Å². The van der Waals surface area contributed by atoms with Crippen molar-refractivity contribution >= 4 is 40.9 Å². The van der Waals surface area contributed by atoms with E-state index in [9.17, 15) is 9.59 Å². The van der Waals surface area contributed by atoms with Crippen LogP contribution in [0.3, 0.4) is 0 Å². The zero-order chi connectivity index (χ0) is 18.5. The molecule has 26 heavy (non-hydrogen) atoms. The number of halogens is 1. The first-order chi connectivity index (χ1) is 12.5. The second-order valence-corrected chi connectivity index (χ2v) is 8.85. The Kier molecular flexibility index (Phi) is 6.84. The van der Waals surface area contributed by atoms with Crippen molar-refractivity contribution in [2.75, 3.05) is 31.5 Å². The molecule has 5 nitrogen and oxygen atoms in total. The van der Waals surface area contributed by atoms with Gasteiger partial charge in [-0.3, -0.25) is 9.59 Å². The fourth-order valence-corrected chi connectivity index (χ4v) is 4.58. The third-order valence-corrected chi connectivity index (χ3v) is 6.49. The number of carbonyl (C=O) groups excluding carboxylic acids is 2. The van der Waals surface area contributed by atoms with Crippen molar-refractivity contribution in [3.05, 3.63) is 23.2 Å². The first-order valence-corrected chi connectivity index (χ1v) is 10.5. The Morgan fingerprint density at radius 2 is 2.15 bits per heavy atom. The average molecular weight is 396 g/mol. The molecule has 7 heteroatoms. The standard InChI is InChI=1S/C19H26ClN3O2S/c1-13-5-9-23(10-6-13)8-2-7-21-18(24)12-17-19(25)22-15-11-14(20)3-4-16(15)26-17/h3-4,11,13,17H,2,5-10,12H2,1H3,(H,21,24)(H,22,25)/t17-/m1/s1. The molecule has 3 rings (SSSR count). The molecule has 0 spiro atoms. The molecule has 1 fully saturated rings. The van der Waals surface area contributed by atoms with Gasteiger partial charge in [-0.25, -0.2) is 0 Å². The van der Waals surface area contributed by atoms with Gasteiger partial charge in [0.15, 0.2) is 0 Å². The highest BCUT2D eigenvalue weighted by Gasteiger charge is 2.29. The second-order valence-electron chi connectivity index (χ2n) is 7.17. The summed E-state index contributed by atoms with van der Waals surface area (Å²) in [5.74, 6) is 0.635. The molecule has 1 aromatic carbocycles. The van der Waals surface area contributed by atoms with E-state index in [2.05, 4.69) is 22.5 Å². The summed E-state index contributed by atoms with van der Waals surface area (Å²) >= 11 is 7.38. The zero-order valence-corrected chi connectivity index (χ0v) is 16.7. The number of rotatable bonds is 6. The Morgan fingerprint density at radius 1 is 1.38 bits per heavy atom. The van der Waals surface area contributed by atoms with Crippen molar-refractivity contribution in [3.63, 3.8) is 0 Å². The Balaban J connectivity index is 1.38. The van der Waals surface area contributed by atoms with Gasteiger partial charge in [-0.15, -0.1) is 11.8 Å². The summed E-state index contributed by atoms with van der Waals surface area (Å²) < 4.78 is 0. The first-order valence-electron chi connectivity index (χ1n) is 9.27. The molecule has 2 N–H and O–H groups in total. The number of piperidine rings is 1. The predicted octanol–water partition coefficient (Wildman–Crippen LogP) is 3.38. The number of anilines is 1. The number of carbonyl (C=O) groups is 2. The molecule has 2 aliphatic rings. The number of fused-ring (bicyclic) bond motifs is 1. The van der Waals surface area contributed by atoms with Crippen LogP contribution in [0.15, 0.2) is 23.1 Å². The van der Waals surface area contributed by atoms with E-state index in [-0.39, 0.29) is 18.2 Å². The lowest BCUT2D eigenvalue weighted by Crippen LogP contribution is -2.37. The van der Waals surface area contributed by atoms with Crippen LogP contribution in [0.25, 0.3) is 0 Å². The van der Waals surface area contributed by atoms with E-state index in [1.54, 1.807) is 12.1 Å². The number of hydrogen-bond acceptors (Lipinski definition) is 4. The van der Waals surface area contributed by atoms with E-state index in [4.69, 9.17) is 11.6 Å². The highest BCUT2D eigenvalue weighted by atomic mass is 35.5. The van der Waals surface area contributed by atoms with E-state index in [1.165, 1.54) is 24.6 Å². The normalized spacial score (nSPS) is 21.2. The van der Waals surface area contributed by atoms with Crippen LogP contribution in [0.4, 0.5) is 5.69 Å². The number of nitrogens with one attached hydrogen (secondary N) is 2. The summed E-state index contributed by atoms with van der Waals surface area (Å²) in [6.45, 7) is 6.33. The van der Waals surface area contributed by atoms with Gasteiger partial charge in [0.25, 0.3) is 0 Å². The quantitative estimate of drug-likeness (QED) is 0.725. The molecule has 1 saturated heterocycles. The van der Waals surface area contributed by atoms with Crippen molar-refractivity contribution in [2.45, 2.75) is 42.8 Å². The summed E-state index contributed by atoms with van der Waals surface area (Å²) in [6.07, 6.45) is 3.69. The topological polar surface area (TPSA) is 61.4 Å². The largest absolute Gasteiger partial charge is 0.356 e. The van der Waals surface area contributed by atoms with Crippen LogP contribution in [0.2, 0.25) is 5.02 Å². The monoisotopic (exact) mass is 395 g/mol. The number of likely N-dealkylation sites (tertiary alicyclic amines) is 1. The minimum absolute atomic E-state index is 0.0673. The smallest absolute Gasteiger partial charge is 0.238 e. The van der Waals surface area contributed by atoms with Crippen LogP contribution in [0.5, 0.6) is 0 Å². The Morgan fingerprint density at radius 3 is 2.92 bits per heavy atom. The summed E-state index contributed by atoms with van der Waals surface area (Å²) in [7, 11) is 0. The number of nitrogens with zero attached hydrogens (tertiary/aromatic N) is 1. The Bertz CT molecular complexity index is 662. The van der Waals surface area contributed by atoms with Crippen molar-refractivity contribution < 1.29 is 9.59 Å². The van der Waals surface area contributed by atoms with Gasteiger partial charge in [-0.2, -0.15) is 0 Å². The zero-order valence-electron chi connectivity index (χ0n) is 15.1. The van der Waals surface area contributed by atoms with Crippen LogP contribution in [-0.4, -0.2) is 48.1 Å². The van der Waals surface area contributed by atoms with Crippen molar-refractivity contribution in [2.24, 2.45) is 5.92 Å². The lowest BCUT2D eigenvalue weighted by atomic mass is 9.99. The number of amides is 2. The van der Waals surface area contributed by atoms with E-state index in [1.807, 2.05) is 6.07 Å². The molecule has 0 bridgehead atoms. The van der Waals surface area contributed by atoms with Crippen LogP contribution >= 0.6 is 23.4 Å². The SMILES string of the molecule is CC1CCN(CCCNC(=O)C[C@H]2Sc3ccc(Cl)cc3NC2=O)CC1. The highest BCUT2D eigenvalue weighted by Crippen LogP contribution is 2.38. The summed E-state index contributed by atoms with van der Waals surface area (Å²) in [6, 6.07) is 5.41. The third-order valence-electron chi connectivity index (χ3n) is 4.98. The van der Waals surface area contributed by atoms with E-state index in [0.29, 0.717) is 11.6 Å². The Labute approximate surface area is 164 Å². The highest BCUT2D eigenvalue weighted by molar-refractivity contribution is 8.01. The first kappa shape index (κ1) is 19.5. The van der Waals surface area contributed by atoms with Crippen LogP contribution < -0.4 is 10.6 Å². The fourth-order valence-electron chi connectivity index (χ4n) is 3.31. The van der Waals surface area contributed by atoms with Gasteiger partial charge in [-0.1, -0.05) is 18.5 Å². The molecule has 2 heterocycles. The predicted molar refractivity (Wildman–Crippen MR) is 107 cm³/mol. The molecule has 0 aliphatic carbocycles. The summed E-state index contributed by atoms with van der Waals surface area (Å²) in [5, 5.41) is 5.98. The molecular formula is C19H26ClN3O2S. The van der Waals surface area contributed by atoms with Crippen LogP contribution in [0.1, 0.15) is 32.6 Å². The molecule has 2 amide bonds. The lowest BCUT2D eigenvalue weighted by molar-refractivity contribution is -0.124.